The summed E-state index contributed by atoms with van der Waals surface area (Å²) in [7, 11) is 1.95. The van der Waals surface area contributed by atoms with E-state index in [0.29, 0.717) is 6.42 Å². The number of hydrogen-bond donors (Lipinski definition) is 2. The lowest BCUT2D eigenvalue weighted by Gasteiger charge is -2.23. The highest BCUT2D eigenvalue weighted by Gasteiger charge is 2.38. The van der Waals surface area contributed by atoms with Gasteiger partial charge in [0.05, 0.1) is 11.7 Å². The summed E-state index contributed by atoms with van der Waals surface area (Å²) in [6.45, 7) is 7.17. The third kappa shape index (κ3) is 10.7. The Labute approximate surface area is 231 Å². The normalized spacial score (nSPS) is 12.3. The monoisotopic (exact) mass is 563 g/mol. The molecule has 3 rings (SSSR count). The number of aliphatic carboxylic acids is 1. The number of ether oxygens (including phenoxy) is 1. The number of fused-ring (bicyclic) bond motifs is 1. The third-order valence-electron chi connectivity index (χ3n) is 5.72. The van der Waals surface area contributed by atoms with Crippen molar-refractivity contribution in [3.63, 3.8) is 0 Å². The number of imidazole rings is 1. The molecule has 0 fully saturated rings. The number of carboxylic acids is 1. The Morgan fingerprint density at radius 3 is 2.23 bits per heavy atom. The van der Waals surface area contributed by atoms with Gasteiger partial charge in [0.1, 0.15) is 17.2 Å². The van der Waals surface area contributed by atoms with Crippen LogP contribution in [0.4, 0.5) is 18.0 Å². The van der Waals surface area contributed by atoms with E-state index in [2.05, 4.69) is 35.6 Å². The average molecular weight is 564 g/mol. The Bertz CT molecular complexity index is 1310. The number of alkyl halides is 3. The topological polar surface area (TPSA) is 111 Å². The standard InChI is InChI=1S/C27H35N3O3.C2HF3O2/c1-19(31)11-7-6-8-14-23(29-26(32)33-27(2,3)4)25-28-24(18-30(25)5)22-16-15-20-12-9-10-13-21(20)17-22;3-2(4,5)1(6)7/h9-10,12-13,15-18,23H,6-8,11,14H2,1-5H3,(H,29,32);(H,6,7)/t23-;/m0./s1. The van der Waals surface area contributed by atoms with Crippen LogP contribution in [-0.2, 0) is 21.4 Å². The molecule has 11 heteroatoms. The van der Waals surface area contributed by atoms with E-state index in [-0.39, 0.29) is 11.8 Å². The molecule has 0 aliphatic heterocycles. The van der Waals surface area contributed by atoms with Crippen molar-refractivity contribution in [1.29, 1.82) is 0 Å². The molecule has 2 aromatic carbocycles. The summed E-state index contributed by atoms with van der Waals surface area (Å²) in [6.07, 6.45) is 0.445. The second-order valence-corrected chi connectivity index (χ2v) is 10.5. The molecule has 1 amide bonds. The molecule has 3 aromatic rings. The van der Waals surface area contributed by atoms with Crippen LogP contribution in [-0.4, -0.2) is 44.3 Å². The number of Topliss-reactive ketones (excluding diaryl/α,β-unsaturated/α-hetero) is 1. The number of nitrogens with zero attached hydrogens (tertiary/aromatic N) is 2. The van der Waals surface area contributed by atoms with Crippen molar-refractivity contribution in [2.24, 2.45) is 7.05 Å². The summed E-state index contributed by atoms with van der Waals surface area (Å²) >= 11 is 0. The molecule has 0 saturated heterocycles. The molecule has 1 heterocycles. The van der Waals surface area contributed by atoms with Crippen LogP contribution in [0.3, 0.4) is 0 Å². The maximum atomic E-state index is 12.5. The van der Waals surface area contributed by atoms with Crippen molar-refractivity contribution in [3.05, 3.63) is 54.5 Å². The molecule has 0 unspecified atom stereocenters. The van der Waals surface area contributed by atoms with Gasteiger partial charge < -0.3 is 24.5 Å². The molecule has 0 saturated carbocycles. The summed E-state index contributed by atoms with van der Waals surface area (Å²) in [6, 6.07) is 14.3. The van der Waals surface area contributed by atoms with Gasteiger partial charge in [0, 0.05) is 25.2 Å². The van der Waals surface area contributed by atoms with Crippen molar-refractivity contribution in [1.82, 2.24) is 14.9 Å². The van der Waals surface area contributed by atoms with Gasteiger partial charge in [-0.15, -0.1) is 0 Å². The quantitative estimate of drug-likeness (QED) is 0.272. The van der Waals surface area contributed by atoms with Gasteiger partial charge in [0.2, 0.25) is 0 Å². The average Bonchev–Trinajstić information content (AvgIpc) is 3.22. The number of unbranched alkanes of at least 4 members (excludes halogenated alkanes) is 2. The molecule has 0 spiro atoms. The maximum Gasteiger partial charge on any atom is 0.490 e. The Morgan fingerprint density at radius 1 is 1.02 bits per heavy atom. The van der Waals surface area contributed by atoms with E-state index >= 15 is 0 Å². The molecule has 40 heavy (non-hydrogen) atoms. The summed E-state index contributed by atoms with van der Waals surface area (Å²) < 4.78 is 39.2. The molecule has 1 aromatic heterocycles. The van der Waals surface area contributed by atoms with Crippen LogP contribution in [0.1, 0.15) is 71.7 Å². The number of carbonyl (C=O) groups excluding carboxylic acids is 2. The predicted molar refractivity (Wildman–Crippen MR) is 146 cm³/mol. The van der Waals surface area contributed by atoms with Gasteiger partial charge in [0.15, 0.2) is 0 Å². The minimum atomic E-state index is -5.08. The highest BCUT2D eigenvalue weighted by Crippen LogP contribution is 2.27. The molecular formula is C29H36F3N3O5. The van der Waals surface area contributed by atoms with Crippen LogP contribution in [0, 0.1) is 0 Å². The number of carboxylic acid groups (broad SMARTS) is 1. The Kier molecular flexibility index (Phi) is 11.3. The Balaban J connectivity index is 0.000000708. The van der Waals surface area contributed by atoms with Crippen molar-refractivity contribution >= 4 is 28.6 Å². The van der Waals surface area contributed by atoms with Crippen LogP contribution in [0.2, 0.25) is 0 Å². The lowest BCUT2D eigenvalue weighted by Crippen LogP contribution is -2.35. The van der Waals surface area contributed by atoms with Gasteiger partial charge in [0.25, 0.3) is 0 Å². The Hall–Kier alpha value is -3.89. The number of rotatable bonds is 9. The van der Waals surface area contributed by atoms with Gasteiger partial charge in [-0.05, 0) is 57.4 Å². The zero-order chi connectivity index (χ0) is 30.1. The van der Waals surface area contributed by atoms with Crippen LogP contribution in [0.25, 0.3) is 22.0 Å². The fourth-order valence-corrected chi connectivity index (χ4v) is 3.91. The number of ketones is 1. The van der Waals surface area contributed by atoms with Crippen molar-refractivity contribution in [2.75, 3.05) is 0 Å². The lowest BCUT2D eigenvalue weighted by molar-refractivity contribution is -0.192. The smallest absolute Gasteiger partial charge is 0.475 e. The number of amides is 1. The van der Waals surface area contributed by atoms with Gasteiger partial charge in [-0.1, -0.05) is 49.2 Å². The van der Waals surface area contributed by atoms with Gasteiger partial charge in [-0.2, -0.15) is 13.2 Å². The van der Waals surface area contributed by atoms with Gasteiger partial charge >= 0.3 is 18.2 Å². The molecule has 2 N–H and O–H groups in total. The number of hydrogen-bond acceptors (Lipinski definition) is 5. The third-order valence-corrected chi connectivity index (χ3v) is 5.72. The molecule has 0 radical (unpaired) electrons. The number of aromatic nitrogens is 2. The van der Waals surface area contributed by atoms with E-state index in [0.717, 1.165) is 48.2 Å². The maximum absolute atomic E-state index is 12.5. The van der Waals surface area contributed by atoms with Crippen molar-refractivity contribution in [2.45, 2.75) is 77.6 Å². The fourth-order valence-electron chi connectivity index (χ4n) is 3.91. The zero-order valence-corrected chi connectivity index (χ0v) is 23.3. The minimum Gasteiger partial charge on any atom is -0.475 e. The summed E-state index contributed by atoms with van der Waals surface area (Å²) in [5, 5.41) is 12.5. The summed E-state index contributed by atoms with van der Waals surface area (Å²) in [4.78, 5) is 37.6. The van der Waals surface area contributed by atoms with Crippen LogP contribution in [0.15, 0.2) is 48.7 Å². The van der Waals surface area contributed by atoms with E-state index in [9.17, 15) is 22.8 Å². The molecular weight excluding hydrogens is 527 g/mol. The number of aryl methyl sites for hydroxylation is 1. The molecule has 218 valence electrons. The molecule has 8 nitrogen and oxygen atoms in total. The van der Waals surface area contributed by atoms with Crippen LogP contribution in [0.5, 0.6) is 0 Å². The molecule has 0 aliphatic carbocycles. The first-order chi connectivity index (χ1) is 18.6. The van der Waals surface area contributed by atoms with Crippen LogP contribution >= 0.6 is 0 Å². The largest absolute Gasteiger partial charge is 0.490 e. The second-order valence-electron chi connectivity index (χ2n) is 10.5. The lowest BCUT2D eigenvalue weighted by atomic mass is 10.1. The van der Waals surface area contributed by atoms with E-state index in [1.54, 1.807) is 6.92 Å². The van der Waals surface area contributed by atoms with E-state index in [1.165, 1.54) is 5.39 Å². The summed E-state index contributed by atoms with van der Waals surface area (Å²) in [5.74, 6) is -1.76. The summed E-state index contributed by atoms with van der Waals surface area (Å²) in [5.41, 5.74) is 1.33. The number of halogens is 3. The number of nitrogens with one attached hydrogen (secondary N) is 1. The van der Waals surface area contributed by atoms with E-state index < -0.39 is 23.8 Å². The predicted octanol–water partition coefficient (Wildman–Crippen LogP) is 6.98. The Morgan fingerprint density at radius 2 is 1.65 bits per heavy atom. The highest BCUT2D eigenvalue weighted by molar-refractivity contribution is 5.86. The SMILES string of the molecule is CC(=O)CCCCC[C@H](NC(=O)OC(C)(C)C)c1nc(-c2ccc3ccccc3c2)cn1C.O=C(O)C(F)(F)F. The number of benzene rings is 2. The molecule has 0 bridgehead atoms. The second kappa shape index (κ2) is 14.0. The highest BCUT2D eigenvalue weighted by atomic mass is 19.4. The minimum absolute atomic E-state index is 0.211. The first kappa shape index (κ1) is 32.3. The first-order valence-electron chi connectivity index (χ1n) is 12.9. The molecule has 0 aliphatic rings. The number of carbonyl (C=O) groups is 3. The van der Waals surface area contributed by atoms with Crippen molar-refractivity contribution < 1.29 is 37.4 Å². The first-order valence-corrected chi connectivity index (χ1v) is 12.9. The van der Waals surface area contributed by atoms with Gasteiger partial charge in [-0.3, -0.25) is 0 Å². The van der Waals surface area contributed by atoms with Crippen molar-refractivity contribution in [3.8, 4) is 11.3 Å². The molecule has 1 atom stereocenters. The fraction of sp³-hybridized carbons (Fsp3) is 0.448. The van der Waals surface area contributed by atoms with E-state index in [1.807, 2.05) is 50.7 Å². The van der Waals surface area contributed by atoms with Gasteiger partial charge in [-0.25, -0.2) is 14.6 Å². The van der Waals surface area contributed by atoms with E-state index in [4.69, 9.17) is 19.6 Å². The zero-order valence-electron chi connectivity index (χ0n) is 23.3. The van der Waals surface area contributed by atoms with Crippen LogP contribution < -0.4 is 5.32 Å². The number of alkyl carbamates (subject to hydrolysis) is 1.